The number of benzene rings is 1. The average molecular weight is 293 g/mol. The Kier molecular flexibility index (Phi) is 6.59. The minimum atomic E-state index is -1.03. The van der Waals surface area contributed by atoms with E-state index in [4.69, 9.17) is 5.11 Å². The van der Waals surface area contributed by atoms with Crippen molar-refractivity contribution in [3.8, 4) is 0 Å². The van der Waals surface area contributed by atoms with Crippen LogP contribution in [-0.4, -0.2) is 23.0 Å². The fourth-order valence-electron chi connectivity index (χ4n) is 1.82. The third-order valence-electron chi connectivity index (χ3n) is 2.82. The van der Waals surface area contributed by atoms with Crippen LogP contribution in [0, 0.1) is 11.7 Å². The Balaban J connectivity index is 2.48. The summed E-state index contributed by atoms with van der Waals surface area (Å²) in [5.41, 5.74) is 0.779. The predicted molar refractivity (Wildman–Crippen MR) is 79.1 cm³/mol. The highest BCUT2D eigenvalue weighted by Gasteiger charge is 2.20. The van der Waals surface area contributed by atoms with Gasteiger partial charge in [0.15, 0.2) is 0 Å². The van der Waals surface area contributed by atoms with E-state index in [1.54, 1.807) is 24.3 Å². The second kappa shape index (κ2) is 8.19. The first-order chi connectivity index (χ1) is 9.88. The summed E-state index contributed by atoms with van der Waals surface area (Å²) in [5, 5.41) is 11.5. The number of rotatable bonds is 7. The highest BCUT2D eigenvalue weighted by atomic mass is 19.1. The van der Waals surface area contributed by atoms with Crippen molar-refractivity contribution in [2.45, 2.75) is 32.7 Å². The van der Waals surface area contributed by atoms with Crippen LogP contribution in [0.25, 0.3) is 6.08 Å². The number of hydrogen-bond acceptors (Lipinski definition) is 2. The van der Waals surface area contributed by atoms with Gasteiger partial charge in [-0.05, 0) is 30.0 Å². The molecule has 0 bridgehead atoms. The van der Waals surface area contributed by atoms with Crippen LogP contribution in [0.1, 0.15) is 32.3 Å². The monoisotopic (exact) mass is 293 g/mol. The smallest absolute Gasteiger partial charge is 0.326 e. The lowest BCUT2D eigenvalue weighted by molar-refractivity contribution is -0.142. The Labute approximate surface area is 123 Å². The van der Waals surface area contributed by atoms with Gasteiger partial charge < -0.3 is 10.4 Å². The van der Waals surface area contributed by atoms with Crippen LogP contribution < -0.4 is 5.32 Å². The third-order valence-corrected chi connectivity index (χ3v) is 2.82. The van der Waals surface area contributed by atoms with E-state index in [2.05, 4.69) is 5.32 Å². The normalized spacial score (nSPS) is 12.6. The summed E-state index contributed by atoms with van der Waals surface area (Å²) in [6.07, 6.45) is 3.79. The zero-order valence-electron chi connectivity index (χ0n) is 12.2. The number of carbonyl (C=O) groups excluding carboxylic acids is 1. The first kappa shape index (κ1) is 16.9. The molecule has 0 saturated carbocycles. The molecule has 114 valence electrons. The van der Waals surface area contributed by atoms with E-state index in [0.717, 1.165) is 5.56 Å². The fourth-order valence-corrected chi connectivity index (χ4v) is 1.82. The van der Waals surface area contributed by atoms with Crippen molar-refractivity contribution in [3.63, 3.8) is 0 Å². The van der Waals surface area contributed by atoms with Crippen LogP contribution in [0.15, 0.2) is 30.3 Å². The van der Waals surface area contributed by atoms with Gasteiger partial charge in [0.25, 0.3) is 0 Å². The Morgan fingerprint density at radius 1 is 1.29 bits per heavy atom. The quantitative estimate of drug-likeness (QED) is 0.812. The Hall–Kier alpha value is -2.17. The van der Waals surface area contributed by atoms with Gasteiger partial charge in [-0.1, -0.05) is 38.1 Å². The van der Waals surface area contributed by atoms with Crippen molar-refractivity contribution in [2.75, 3.05) is 0 Å². The molecule has 5 heteroatoms. The summed E-state index contributed by atoms with van der Waals surface area (Å²) in [5.74, 6) is -1.51. The number of carboxylic acids is 1. The number of hydrogen-bond donors (Lipinski definition) is 2. The van der Waals surface area contributed by atoms with E-state index in [1.807, 2.05) is 13.8 Å². The molecule has 0 aliphatic carbocycles. The zero-order valence-corrected chi connectivity index (χ0v) is 12.2. The van der Waals surface area contributed by atoms with E-state index in [0.29, 0.717) is 6.42 Å². The number of aliphatic carboxylic acids is 1. The molecule has 1 aromatic carbocycles. The van der Waals surface area contributed by atoms with E-state index < -0.39 is 12.0 Å². The SMILES string of the molecule is CC(C)CC(NC(=O)C/C=C/c1ccc(F)cc1)C(=O)O. The lowest BCUT2D eigenvalue weighted by Gasteiger charge is -2.15. The molecule has 1 rings (SSSR count). The molecule has 0 aliphatic rings. The van der Waals surface area contributed by atoms with Gasteiger partial charge in [-0.15, -0.1) is 0 Å². The van der Waals surface area contributed by atoms with Gasteiger partial charge in [-0.2, -0.15) is 0 Å². The van der Waals surface area contributed by atoms with Gasteiger partial charge in [0.1, 0.15) is 11.9 Å². The van der Waals surface area contributed by atoms with Crippen molar-refractivity contribution < 1.29 is 19.1 Å². The number of carbonyl (C=O) groups is 2. The molecule has 0 spiro atoms. The van der Waals surface area contributed by atoms with Crippen molar-refractivity contribution in [2.24, 2.45) is 5.92 Å². The Morgan fingerprint density at radius 2 is 1.90 bits per heavy atom. The molecule has 0 aromatic heterocycles. The van der Waals surface area contributed by atoms with Gasteiger partial charge in [0.2, 0.25) is 5.91 Å². The van der Waals surface area contributed by atoms with Crippen LogP contribution in [0.2, 0.25) is 0 Å². The molecular formula is C16H20FNO3. The topological polar surface area (TPSA) is 66.4 Å². The van der Waals surface area contributed by atoms with Gasteiger partial charge in [-0.3, -0.25) is 4.79 Å². The molecule has 4 nitrogen and oxygen atoms in total. The summed E-state index contributed by atoms with van der Waals surface area (Å²) in [7, 11) is 0. The molecule has 0 radical (unpaired) electrons. The second-order valence-electron chi connectivity index (χ2n) is 5.25. The van der Waals surface area contributed by atoms with Crippen molar-refractivity contribution in [1.82, 2.24) is 5.32 Å². The van der Waals surface area contributed by atoms with Crippen LogP contribution in [0.3, 0.4) is 0 Å². The van der Waals surface area contributed by atoms with E-state index in [9.17, 15) is 14.0 Å². The Bertz CT molecular complexity index is 509. The summed E-state index contributed by atoms with van der Waals surface area (Å²) >= 11 is 0. The number of nitrogens with one attached hydrogen (secondary N) is 1. The number of amides is 1. The standard InChI is InChI=1S/C16H20FNO3/c1-11(2)10-14(16(20)21)18-15(19)5-3-4-12-6-8-13(17)9-7-12/h3-4,6-9,11,14H,5,10H2,1-2H3,(H,18,19)(H,20,21)/b4-3+. The maximum absolute atomic E-state index is 12.7. The molecule has 1 aromatic rings. The van der Waals surface area contributed by atoms with Crippen LogP contribution in [0.5, 0.6) is 0 Å². The molecule has 0 heterocycles. The average Bonchev–Trinajstić information content (AvgIpc) is 2.39. The van der Waals surface area contributed by atoms with Crippen molar-refractivity contribution >= 4 is 18.0 Å². The van der Waals surface area contributed by atoms with Crippen LogP contribution in [-0.2, 0) is 9.59 Å². The van der Waals surface area contributed by atoms with Crippen molar-refractivity contribution in [1.29, 1.82) is 0 Å². The molecule has 0 fully saturated rings. The highest BCUT2D eigenvalue weighted by Crippen LogP contribution is 2.07. The molecule has 1 atom stereocenters. The summed E-state index contributed by atoms with van der Waals surface area (Å²) in [4.78, 5) is 22.7. The fraction of sp³-hybridized carbons (Fsp3) is 0.375. The summed E-state index contributed by atoms with van der Waals surface area (Å²) in [6.45, 7) is 3.80. The maximum atomic E-state index is 12.7. The first-order valence-electron chi connectivity index (χ1n) is 6.82. The van der Waals surface area contributed by atoms with Gasteiger partial charge in [0, 0.05) is 6.42 Å². The van der Waals surface area contributed by atoms with Gasteiger partial charge in [-0.25, -0.2) is 9.18 Å². The zero-order chi connectivity index (χ0) is 15.8. The maximum Gasteiger partial charge on any atom is 0.326 e. The predicted octanol–water partition coefficient (Wildman–Crippen LogP) is 2.84. The highest BCUT2D eigenvalue weighted by molar-refractivity contribution is 5.84. The number of carboxylic acid groups (broad SMARTS) is 1. The van der Waals surface area contributed by atoms with Gasteiger partial charge >= 0.3 is 5.97 Å². The molecule has 1 unspecified atom stereocenters. The molecule has 0 aliphatic heterocycles. The molecule has 2 N–H and O–H groups in total. The van der Waals surface area contributed by atoms with Crippen LogP contribution >= 0.6 is 0 Å². The molecule has 0 saturated heterocycles. The first-order valence-corrected chi connectivity index (χ1v) is 6.82. The molecule has 1 amide bonds. The van der Waals surface area contributed by atoms with E-state index >= 15 is 0 Å². The van der Waals surface area contributed by atoms with Crippen LogP contribution in [0.4, 0.5) is 4.39 Å². The van der Waals surface area contributed by atoms with Crippen molar-refractivity contribution in [3.05, 3.63) is 41.7 Å². The molecule has 21 heavy (non-hydrogen) atoms. The lowest BCUT2D eigenvalue weighted by atomic mass is 10.0. The minimum absolute atomic E-state index is 0.0826. The molecular weight excluding hydrogens is 273 g/mol. The second-order valence-corrected chi connectivity index (χ2v) is 5.25. The third kappa shape index (κ3) is 6.70. The lowest BCUT2D eigenvalue weighted by Crippen LogP contribution is -2.41. The Morgan fingerprint density at radius 3 is 2.43 bits per heavy atom. The van der Waals surface area contributed by atoms with E-state index in [1.165, 1.54) is 12.1 Å². The van der Waals surface area contributed by atoms with E-state index in [-0.39, 0.29) is 24.1 Å². The summed E-state index contributed by atoms with van der Waals surface area (Å²) < 4.78 is 12.7. The van der Waals surface area contributed by atoms with Gasteiger partial charge in [0.05, 0.1) is 0 Å². The number of halogens is 1. The minimum Gasteiger partial charge on any atom is -0.480 e. The summed E-state index contributed by atoms with van der Waals surface area (Å²) in [6, 6.07) is 5.01. The largest absolute Gasteiger partial charge is 0.480 e.